The Balaban J connectivity index is 1.75. The Labute approximate surface area is 134 Å². The number of hydrogen-bond acceptors (Lipinski definition) is 7. The summed E-state index contributed by atoms with van der Waals surface area (Å²) in [6, 6.07) is 4.21. The topological polar surface area (TPSA) is 72.7 Å². The summed E-state index contributed by atoms with van der Waals surface area (Å²) >= 11 is 1.66. The van der Waals surface area contributed by atoms with Crippen molar-refractivity contribution in [3.05, 3.63) is 29.9 Å². The lowest BCUT2D eigenvalue weighted by Gasteiger charge is -2.44. The summed E-state index contributed by atoms with van der Waals surface area (Å²) in [7, 11) is -1.47. The zero-order valence-corrected chi connectivity index (χ0v) is 13.4. The molecule has 8 heteroatoms. The van der Waals surface area contributed by atoms with Crippen LogP contribution in [-0.4, -0.2) is 52.3 Å². The van der Waals surface area contributed by atoms with Crippen molar-refractivity contribution in [2.45, 2.75) is 25.9 Å². The third-order valence-corrected chi connectivity index (χ3v) is 4.74. The molecule has 1 saturated heterocycles. The zero-order chi connectivity index (χ0) is 15.7. The summed E-state index contributed by atoms with van der Waals surface area (Å²) in [6.45, 7) is 6.10. The first-order valence-electron chi connectivity index (χ1n) is 7.31. The van der Waals surface area contributed by atoms with Crippen LogP contribution in [-0.2, 0) is 0 Å². The van der Waals surface area contributed by atoms with Crippen molar-refractivity contribution in [2.24, 2.45) is 0 Å². The van der Waals surface area contributed by atoms with E-state index in [2.05, 4.69) is 33.6 Å². The molecular weight excluding hydrogens is 299 g/mol. The summed E-state index contributed by atoms with van der Waals surface area (Å²) < 4.78 is 0. The van der Waals surface area contributed by atoms with Gasteiger partial charge in [-0.1, -0.05) is 6.07 Å². The van der Waals surface area contributed by atoms with Gasteiger partial charge in [0.1, 0.15) is 5.82 Å². The Morgan fingerprint density at radius 3 is 2.41 bits per heavy atom. The number of thiazole rings is 1. The molecule has 1 fully saturated rings. The lowest BCUT2D eigenvalue weighted by Crippen LogP contribution is -2.57. The fraction of sp³-hybridized carbons (Fsp3) is 0.429. The van der Waals surface area contributed by atoms with E-state index in [0.29, 0.717) is 17.5 Å². The molecule has 0 aliphatic carbocycles. The van der Waals surface area contributed by atoms with Crippen LogP contribution in [0, 0.1) is 0 Å². The van der Waals surface area contributed by atoms with E-state index >= 15 is 0 Å². The monoisotopic (exact) mass is 318 g/mol. The van der Waals surface area contributed by atoms with E-state index in [0.717, 1.165) is 24.0 Å². The van der Waals surface area contributed by atoms with Gasteiger partial charge in [0.05, 0.1) is 0 Å². The van der Waals surface area contributed by atoms with Gasteiger partial charge in [-0.05, 0) is 19.9 Å². The van der Waals surface area contributed by atoms with E-state index in [9.17, 15) is 0 Å². The van der Waals surface area contributed by atoms with Crippen LogP contribution in [0.4, 0.5) is 10.9 Å². The second-order valence-electron chi connectivity index (χ2n) is 5.65. The molecule has 2 N–H and O–H groups in total. The van der Waals surface area contributed by atoms with E-state index in [1.807, 2.05) is 17.6 Å². The number of piperazine rings is 1. The molecule has 0 radical (unpaired) electrons. The van der Waals surface area contributed by atoms with E-state index < -0.39 is 7.12 Å². The van der Waals surface area contributed by atoms with Crippen molar-refractivity contribution in [2.75, 3.05) is 22.9 Å². The average molecular weight is 318 g/mol. The van der Waals surface area contributed by atoms with Crippen LogP contribution < -0.4 is 15.3 Å². The molecule has 6 nitrogen and oxygen atoms in total. The zero-order valence-electron chi connectivity index (χ0n) is 12.6. The predicted octanol–water partition coefficient (Wildman–Crippen LogP) is 0.321. The summed E-state index contributed by atoms with van der Waals surface area (Å²) in [4.78, 5) is 13.4. The van der Waals surface area contributed by atoms with Crippen LogP contribution in [0.2, 0.25) is 0 Å². The molecule has 2 unspecified atom stereocenters. The maximum Gasteiger partial charge on any atom is 0.490 e. The summed E-state index contributed by atoms with van der Waals surface area (Å²) in [5, 5.41) is 21.3. The van der Waals surface area contributed by atoms with E-state index in [-0.39, 0.29) is 0 Å². The van der Waals surface area contributed by atoms with Gasteiger partial charge in [-0.2, -0.15) is 0 Å². The van der Waals surface area contributed by atoms with Crippen molar-refractivity contribution >= 4 is 34.9 Å². The highest BCUT2D eigenvalue weighted by molar-refractivity contribution is 7.13. The molecule has 2 aromatic rings. The predicted molar refractivity (Wildman–Crippen MR) is 89.8 cm³/mol. The minimum absolute atomic E-state index is 0.333. The SMILES string of the molecule is CC1CN(c2ccc(B(O)O)cn2)CC(C)N1c1nccs1. The highest BCUT2D eigenvalue weighted by atomic mass is 32.1. The van der Waals surface area contributed by atoms with Crippen LogP contribution in [0.25, 0.3) is 0 Å². The van der Waals surface area contributed by atoms with Crippen molar-refractivity contribution in [3.63, 3.8) is 0 Å². The summed E-state index contributed by atoms with van der Waals surface area (Å²) in [6.07, 6.45) is 3.36. The molecule has 116 valence electrons. The normalized spacial score (nSPS) is 22.0. The standard InChI is InChI=1S/C14H19BN4O2S/c1-10-8-18(13-4-3-12(7-17-13)15(20)21)9-11(2)19(10)14-16-5-6-22-14/h3-7,10-11,20-21H,8-9H2,1-2H3. The maximum atomic E-state index is 9.14. The Kier molecular flexibility index (Phi) is 4.33. The molecule has 0 spiro atoms. The second kappa shape index (κ2) is 6.24. The molecule has 2 atom stereocenters. The van der Waals surface area contributed by atoms with Crippen LogP contribution in [0.15, 0.2) is 29.9 Å². The molecule has 0 saturated carbocycles. The maximum absolute atomic E-state index is 9.14. The molecule has 0 aromatic carbocycles. The van der Waals surface area contributed by atoms with Crippen LogP contribution in [0.1, 0.15) is 13.8 Å². The van der Waals surface area contributed by atoms with Crippen molar-refractivity contribution < 1.29 is 10.0 Å². The fourth-order valence-corrected chi connectivity index (χ4v) is 3.81. The number of rotatable bonds is 3. The Bertz CT molecular complexity index is 596. The number of anilines is 2. The van der Waals surface area contributed by atoms with Crippen molar-refractivity contribution in [1.82, 2.24) is 9.97 Å². The number of nitrogens with zero attached hydrogens (tertiary/aromatic N) is 4. The molecule has 2 aromatic heterocycles. The number of aromatic nitrogens is 2. The van der Waals surface area contributed by atoms with Gasteiger partial charge < -0.3 is 19.8 Å². The quantitative estimate of drug-likeness (QED) is 0.794. The molecule has 3 rings (SSSR count). The third-order valence-electron chi connectivity index (χ3n) is 3.95. The van der Waals surface area contributed by atoms with Crippen LogP contribution in [0.3, 0.4) is 0 Å². The number of pyridine rings is 1. The molecule has 0 bridgehead atoms. The minimum Gasteiger partial charge on any atom is -0.423 e. The molecule has 1 aliphatic heterocycles. The molecule has 0 amide bonds. The van der Waals surface area contributed by atoms with Gasteiger partial charge in [-0.3, -0.25) is 0 Å². The van der Waals surface area contributed by atoms with Crippen molar-refractivity contribution in [1.29, 1.82) is 0 Å². The molecule has 3 heterocycles. The minimum atomic E-state index is -1.47. The molecule has 1 aliphatic rings. The Morgan fingerprint density at radius 1 is 1.18 bits per heavy atom. The fourth-order valence-electron chi connectivity index (χ4n) is 2.97. The van der Waals surface area contributed by atoms with Crippen molar-refractivity contribution in [3.8, 4) is 0 Å². The van der Waals surface area contributed by atoms with Gasteiger partial charge >= 0.3 is 7.12 Å². The smallest absolute Gasteiger partial charge is 0.423 e. The largest absolute Gasteiger partial charge is 0.490 e. The van der Waals surface area contributed by atoms with E-state index in [4.69, 9.17) is 10.0 Å². The summed E-state index contributed by atoms with van der Waals surface area (Å²) in [5.41, 5.74) is 0.409. The van der Waals surface area contributed by atoms with Crippen LogP contribution >= 0.6 is 11.3 Å². The molecule has 22 heavy (non-hydrogen) atoms. The van der Waals surface area contributed by atoms with E-state index in [1.54, 1.807) is 17.4 Å². The van der Waals surface area contributed by atoms with Gasteiger partial charge in [0, 0.05) is 48.4 Å². The first-order valence-corrected chi connectivity index (χ1v) is 8.19. The van der Waals surface area contributed by atoms with Gasteiger partial charge in [-0.15, -0.1) is 11.3 Å². The first-order chi connectivity index (χ1) is 10.6. The van der Waals surface area contributed by atoms with Crippen LogP contribution in [0.5, 0.6) is 0 Å². The third kappa shape index (κ3) is 2.94. The lowest BCUT2D eigenvalue weighted by molar-refractivity contribution is 0.425. The van der Waals surface area contributed by atoms with E-state index in [1.165, 1.54) is 6.20 Å². The number of hydrogen-bond donors (Lipinski definition) is 2. The second-order valence-corrected chi connectivity index (χ2v) is 6.52. The summed E-state index contributed by atoms with van der Waals surface area (Å²) in [5.74, 6) is 0.863. The van der Waals surface area contributed by atoms with Gasteiger partial charge in [-0.25, -0.2) is 9.97 Å². The van der Waals surface area contributed by atoms with Gasteiger partial charge in [0.25, 0.3) is 0 Å². The van der Waals surface area contributed by atoms with Gasteiger partial charge in [0.2, 0.25) is 0 Å². The Morgan fingerprint density at radius 2 is 1.91 bits per heavy atom. The average Bonchev–Trinajstić information content (AvgIpc) is 3.00. The first kappa shape index (κ1) is 15.3. The van der Waals surface area contributed by atoms with Gasteiger partial charge in [0.15, 0.2) is 5.13 Å². The highest BCUT2D eigenvalue weighted by Gasteiger charge is 2.31. The lowest BCUT2D eigenvalue weighted by atomic mass is 9.82. The highest BCUT2D eigenvalue weighted by Crippen LogP contribution is 2.27. The Hall–Kier alpha value is -1.64. The molecular formula is C14H19BN4O2S.